The van der Waals surface area contributed by atoms with E-state index in [0.29, 0.717) is 12.6 Å². The first kappa shape index (κ1) is 12.8. The maximum absolute atomic E-state index is 5.71. The summed E-state index contributed by atoms with van der Waals surface area (Å²) in [6, 6.07) is 12.5. The molecule has 19 heavy (non-hydrogen) atoms. The third-order valence-corrected chi connectivity index (χ3v) is 3.53. The number of ether oxygens (including phenoxy) is 1. The van der Waals surface area contributed by atoms with Crippen LogP contribution in [-0.4, -0.2) is 6.04 Å². The number of nitrogens with one attached hydrogen (secondary N) is 1. The van der Waals surface area contributed by atoms with Crippen LogP contribution >= 0.6 is 15.9 Å². The van der Waals surface area contributed by atoms with Crippen molar-refractivity contribution in [3.8, 4) is 5.75 Å². The van der Waals surface area contributed by atoms with Crippen LogP contribution in [0.25, 0.3) is 0 Å². The Hall–Kier alpha value is -1.26. The Balaban J connectivity index is 1.51. The van der Waals surface area contributed by atoms with Gasteiger partial charge in [-0.25, -0.2) is 0 Å². The first-order valence-corrected chi connectivity index (χ1v) is 7.28. The molecule has 3 rings (SSSR count). The van der Waals surface area contributed by atoms with E-state index in [1.807, 2.05) is 36.4 Å². The zero-order valence-corrected chi connectivity index (χ0v) is 12.2. The van der Waals surface area contributed by atoms with E-state index < -0.39 is 0 Å². The number of hydrogen-bond donors (Lipinski definition) is 1. The molecule has 1 fully saturated rings. The topological polar surface area (TPSA) is 34.4 Å². The standard InChI is InChI=1S/C15H16BrNO2/c16-11-2-1-3-13(8-11)18-10-15-7-6-14(19-15)9-17-12-4-5-12/h1-3,6-8,12,17H,4-5,9-10H2. The highest BCUT2D eigenvalue weighted by molar-refractivity contribution is 9.10. The summed E-state index contributed by atoms with van der Waals surface area (Å²) in [5, 5.41) is 3.43. The molecule has 2 aromatic rings. The zero-order chi connectivity index (χ0) is 13.1. The molecule has 0 bridgehead atoms. The monoisotopic (exact) mass is 321 g/mol. The van der Waals surface area contributed by atoms with Crippen LogP contribution in [0.5, 0.6) is 5.75 Å². The summed E-state index contributed by atoms with van der Waals surface area (Å²) in [5.74, 6) is 2.66. The molecule has 0 radical (unpaired) electrons. The molecular formula is C15H16BrNO2. The van der Waals surface area contributed by atoms with Gasteiger partial charge >= 0.3 is 0 Å². The van der Waals surface area contributed by atoms with Crippen LogP contribution in [0.15, 0.2) is 45.3 Å². The molecular weight excluding hydrogens is 306 g/mol. The van der Waals surface area contributed by atoms with Gasteiger partial charge < -0.3 is 14.5 Å². The minimum Gasteiger partial charge on any atom is -0.486 e. The minimum absolute atomic E-state index is 0.458. The van der Waals surface area contributed by atoms with Gasteiger partial charge in [0, 0.05) is 10.5 Å². The van der Waals surface area contributed by atoms with Crippen LogP contribution in [0, 0.1) is 0 Å². The molecule has 1 saturated carbocycles. The van der Waals surface area contributed by atoms with E-state index in [1.165, 1.54) is 12.8 Å². The summed E-state index contributed by atoms with van der Waals surface area (Å²) in [6.45, 7) is 1.27. The van der Waals surface area contributed by atoms with E-state index >= 15 is 0 Å². The molecule has 4 heteroatoms. The van der Waals surface area contributed by atoms with Gasteiger partial charge in [-0.1, -0.05) is 22.0 Å². The third kappa shape index (κ3) is 3.85. The van der Waals surface area contributed by atoms with E-state index in [0.717, 1.165) is 28.3 Å². The fourth-order valence-electron chi connectivity index (χ4n) is 1.84. The molecule has 100 valence electrons. The number of hydrogen-bond acceptors (Lipinski definition) is 3. The highest BCUT2D eigenvalue weighted by Crippen LogP contribution is 2.21. The SMILES string of the molecule is Brc1cccc(OCc2ccc(CNC3CC3)o2)c1. The van der Waals surface area contributed by atoms with Gasteiger partial charge in [0.15, 0.2) is 0 Å². The lowest BCUT2D eigenvalue weighted by atomic mass is 10.3. The highest BCUT2D eigenvalue weighted by Gasteiger charge is 2.20. The predicted octanol–water partition coefficient (Wildman–Crippen LogP) is 3.87. The van der Waals surface area contributed by atoms with Crippen LogP contribution < -0.4 is 10.1 Å². The molecule has 1 aliphatic rings. The molecule has 1 N–H and O–H groups in total. The summed E-state index contributed by atoms with van der Waals surface area (Å²) in [5.41, 5.74) is 0. The lowest BCUT2D eigenvalue weighted by molar-refractivity contribution is 0.265. The van der Waals surface area contributed by atoms with Crippen LogP contribution in [-0.2, 0) is 13.2 Å². The molecule has 0 aliphatic heterocycles. The van der Waals surface area contributed by atoms with Gasteiger partial charge in [0.05, 0.1) is 6.54 Å². The summed E-state index contributed by atoms with van der Waals surface area (Å²) in [6.07, 6.45) is 2.58. The predicted molar refractivity (Wildman–Crippen MR) is 77.0 cm³/mol. The zero-order valence-electron chi connectivity index (χ0n) is 10.6. The maximum Gasteiger partial charge on any atom is 0.146 e. The maximum atomic E-state index is 5.71. The fourth-order valence-corrected chi connectivity index (χ4v) is 2.22. The highest BCUT2D eigenvalue weighted by atomic mass is 79.9. The Kier molecular flexibility index (Phi) is 3.89. The van der Waals surface area contributed by atoms with Crippen molar-refractivity contribution in [2.45, 2.75) is 32.0 Å². The van der Waals surface area contributed by atoms with Crippen molar-refractivity contribution in [1.82, 2.24) is 5.32 Å². The van der Waals surface area contributed by atoms with E-state index in [2.05, 4.69) is 21.2 Å². The average molecular weight is 322 g/mol. The first-order chi connectivity index (χ1) is 9.29. The van der Waals surface area contributed by atoms with Gasteiger partial charge in [-0.2, -0.15) is 0 Å². The molecule has 0 amide bonds. The second kappa shape index (κ2) is 5.80. The van der Waals surface area contributed by atoms with Crippen molar-refractivity contribution in [3.63, 3.8) is 0 Å². The van der Waals surface area contributed by atoms with E-state index in [-0.39, 0.29) is 0 Å². The normalized spacial score (nSPS) is 14.6. The van der Waals surface area contributed by atoms with Crippen LogP contribution in [0.2, 0.25) is 0 Å². The molecule has 1 aromatic heterocycles. The second-order valence-corrected chi connectivity index (χ2v) is 5.68. The number of benzene rings is 1. The third-order valence-electron chi connectivity index (χ3n) is 3.04. The molecule has 0 unspecified atom stereocenters. The smallest absolute Gasteiger partial charge is 0.146 e. The number of halogens is 1. The lowest BCUT2D eigenvalue weighted by Crippen LogP contribution is -2.14. The quantitative estimate of drug-likeness (QED) is 0.877. The Morgan fingerprint density at radius 2 is 2.05 bits per heavy atom. The van der Waals surface area contributed by atoms with E-state index in [9.17, 15) is 0 Å². The second-order valence-electron chi connectivity index (χ2n) is 4.77. The molecule has 1 aromatic carbocycles. The van der Waals surface area contributed by atoms with Gasteiger partial charge in [0.1, 0.15) is 23.9 Å². The minimum atomic E-state index is 0.458. The average Bonchev–Trinajstić information content (AvgIpc) is 3.13. The van der Waals surface area contributed by atoms with Crippen molar-refractivity contribution in [1.29, 1.82) is 0 Å². The van der Waals surface area contributed by atoms with Crippen LogP contribution in [0.3, 0.4) is 0 Å². The molecule has 0 spiro atoms. The van der Waals surface area contributed by atoms with Crippen molar-refractivity contribution in [2.24, 2.45) is 0 Å². The largest absolute Gasteiger partial charge is 0.486 e. The van der Waals surface area contributed by atoms with Gasteiger partial charge in [-0.3, -0.25) is 0 Å². The summed E-state index contributed by atoms with van der Waals surface area (Å²) in [7, 11) is 0. The lowest BCUT2D eigenvalue weighted by Gasteiger charge is -2.04. The molecule has 0 atom stereocenters. The Labute approximate surface area is 121 Å². The molecule has 0 saturated heterocycles. The van der Waals surface area contributed by atoms with Gasteiger partial charge in [0.2, 0.25) is 0 Å². The Morgan fingerprint density at radius 3 is 2.84 bits per heavy atom. The van der Waals surface area contributed by atoms with E-state index in [1.54, 1.807) is 0 Å². The molecule has 3 nitrogen and oxygen atoms in total. The van der Waals surface area contributed by atoms with Crippen molar-refractivity contribution in [2.75, 3.05) is 0 Å². The van der Waals surface area contributed by atoms with Gasteiger partial charge in [-0.05, 0) is 43.2 Å². The number of furan rings is 1. The Bertz CT molecular complexity index is 549. The van der Waals surface area contributed by atoms with Crippen molar-refractivity contribution >= 4 is 15.9 Å². The van der Waals surface area contributed by atoms with Crippen molar-refractivity contribution < 1.29 is 9.15 Å². The van der Waals surface area contributed by atoms with E-state index in [4.69, 9.17) is 9.15 Å². The first-order valence-electron chi connectivity index (χ1n) is 6.49. The molecule has 1 heterocycles. The summed E-state index contributed by atoms with van der Waals surface area (Å²) < 4.78 is 12.4. The van der Waals surface area contributed by atoms with Crippen LogP contribution in [0.1, 0.15) is 24.4 Å². The van der Waals surface area contributed by atoms with Gasteiger partial charge in [-0.15, -0.1) is 0 Å². The number of rotatable bonds is 6. The van der Waals surface area contributed by atoms with Crippen LogP contribution in [0.4, 0.5) is 0 Å². The van der Waals surface area contributed by atoms with Crippen molar-refractivity contribution in [3.05, 3.63) is 52.4 Å². The van der Waals surface area contributed by atoms with Gasteiger partial charge in [0.25, 0.3) is 0 Å². The summed E-state index contributed by atoms with van der Waals surface area (Å²) in [4.78, 5) is 0. The summed E-state index contributed by atoms with van der Waals surface area (Å²) >= 11 is 3.42. The Morgan fingerprint density at radius 1 is 1.21 bits per heavy atom. The fraction of sp³-hybridized carbons (Fsp3) is 0.333. The molecule has 1 aliphatic carbocycles.